The fourth-order valence-corrected chi connectivity index (χ4v) is 4.93. The third-order valence-electron chi connectivity index (χ3n) is 4.86. The molecule has 6 heteroatoms. The van der Waals surface area contributed by atoms with E-state index in [0.29, 0.717) is 29.8 Å². The maximum atomic E-state index is 12.7. The Kier molecular flexibility index (Phi) is 4.44. The Morgan fingerprint density at radius 2 is 1.88 bits per heavy atom. The number of aryl methyl sites for hydroxylation is 1. The molecule has 0 saturated heterocycles. The molecule has 2 aliphatic rings. The Hall–Kier alpha value is -2.34. The number of carbonyl (C=O) groups is 2. The quantitative estimate of drug-likeness (QED) is 0.851. The van der Waals surface area contributed by atoms with E-state index in [1.807, 2.05) is 0 Å². The number of aromatic nitrogens is 2. The molecular weight excluding hydrogens is 334 g/mol. The first-order valence-electron chi connectivity index (χ1n) is 8.68. The number of fused-ring (bicyclic) bond motifs is 1. The Labute approximate surface area is 150 Å². The van der Waals surface area contributed by atoms with Crippen molar-refractivity contribution in [2.75, 3.05) is 5.32 Å². The molecule has 5 nitrogen and oxygen atoms in total. The number of anilines is 1. The molecule has 0 saturated carbocycles. The van der Waals surface area contributed by atoms with E-state index in [1.54, 1.807) is 29.8 Å². The molecule has 0 spiro atoms. The van der Waals surface area contributed by atoms with Gasteiger partial charge in [0.1, 0.15) is 11.3 Å². The van der Waals surface area contributed by atoms with E-state index in [0.717, 1.165) is 42.5 Å². The Bertz CT molecular complexity index is 855. The van der Waals surface area contributed by atoms with Crippen LogP contribution in [-0.2, 0) is 22.4 Å². The van der Waals surface area contributed by atoms with Gasteiger partial charge in [0.25, 0.3) is 5.91 Å². The summed E-state index contributed by atoms with van der Waals surface area (Å²) in [5.41, 5.74) is 3.49. The maximum Gasteiger partial charge on any atom is 0.252 e. The molecule has 1 amide bonds. The van der Waals surface area contributed by atoms with Gasteiger partial charge in [-0.05, 0) is 56.6 Å². The number of rotatable bonds is 4. The third kappa shape index (κ3) is 3.02. The summed E-state index contributed by atoms with van der Waals surface area (Å²) in [6.07, 6.45) is 10.9. The fraction of sp³-hybridized carbons (Fsp3) is 0.368. The first-order valence-corrected chi connectivity index (χ1v) is 9.50. The lowest BCUT2D eigenvalue weighted by Crippen LogP contribution is -2.14. The van der Waals surface area contributed by atoms with E-state index in [2.05, 4.69) is 15.3 Å². The molecule has 4 rings (SSSR count). The van der Waals surface area contributed by atoms with E-state index >= 15 is 0 Å². The van der Waals surface area contributed by atoms with E-state index in [4.69, 9.17) is 0 Å². The molecule has 2 aliphatic carbocycles. The lowest BCUT2D eigenvalue weighted by atomic mass is 9.95. The molecular formula is C19H19N3O2S. The van der Waals surface area contributed by atoms with Gasteiger partial charge in [0.2, 0.25) is 0 Å². The second kappa shape index (κ2) is 6.88. The molecule has 2 aromatic heterocycles. The van der Waals surface area contributed by atoms with Gasteiger partial charge < -0.3 is 5.32 Å². The van der Waals surface area contributed by atoms with Crippen LogP contribution in [-0.4, -0.2) is 22.2 Å². The summed E-state index contributed by atoms with van der Waals surface area (Å²) in [7, 11) is 0. The second-order valence-electron chi connectivity index (χ2n) is 6.42. The van der Waals surface area contributed by atoms with Gasteiger partial charge in [-0.2, -0.15) is 0 Å². The van der Waals surface area contributed by atoms with Crippen LogP contribution in [0.15, 0.2) is 29.6 Å². The summed E-state index contributed by atoms with van der Waals surface area (Å²) in [6, 6.07) is 1.79. The Morgan fingerprint density at radius 1 is 1.08 bits per heavy atom. The highest BCUT2D eigenvalue weighted by Gasteiger charge is 2.26. The van der Waals surface area contributed by atoms with Gasteiger partial charge in [0.05, 0.1) is 5.56 Å². The minimum atomic E-state index is -0.157. The normalized spacial score (nSPS) is 16.6. The Morgan fingerprint density at radius 3 is 2.68 bits per heavy atom. The van der Waals surface area contributed by atoms with Crippen molar-refractivity contribution in [2.24, 2.45) is 0 Å². The molecule has 0 unspecified atom stereocenters. The predicted molar refractivity (Wildman–Crippen MR) is 97.6 cm³/mol. The molecule has 25 heavy (non-hydrogen) atoms. The lowest BCUT2D eigenvalue weighted by Gasteiger charge is -2.12. The van der Waals surface area contributed by atoms with Gasteiger partial charge in [0.15, 0.2) is 5.82 Å². The van der Waals surface area contributed by atoms with E-state index in [1.165, 1.54) is 16.9 Å². The number of allylic oxidation sites excluding steroid dienone is 1. The predicted octanol–water partition coefficient (Wildman–Crippen LogP) is 3.70. The molecule has 0 radical (unpaired) electrons. The number of amides is 1. The molecule has 0 fully saturated rings. The average molecular weight is 353 g/mol. The molecule has 128 valence electrons. The number of nitrogens with zero attached hydrogens (tertiary/aromatic N) is 2. The van der Waals surface area contributed by atoms with Gasteiger partial charge in [-0.15, -0.1) is 11.3 Å². The molecule has 1 N–H and O–H groups in total. The smallest absolute Gasteiger partial charge is 0.252 e. The van der Waals surface area contributed by atoms with Crippen molar-refractivity contribution >= 4 is 28.5 Å². The monoisotopic (exact) mass is 353 g/mol. The van der Waals surface area contributed by atoms with Gasteiger partial charge in [-0.1, -0.05) is 0 Å². The fourth-order valence-electron chi connectivity index (χ4n) is 3.65. The Balaban J connectivity index is 1.73. The van der Waals surface area contributed by atoms with Crippen molar-refractivity contribution in [3.05, 3.63) is 40.0 Å². The zero-order valence-electron chi connectivity index (χ0n) is 13.9. The van der Waals surface area contributed by atoms with Crippen LogP contribution < -0.4 is 5.32 Å². The summed E-state index contributed by atoms with van der Waals surface area (Å²) in [5, 5.41) is 3.87. The van der Waals surface area contributed by atoms with Crippen LogP contribution in [0.4, 0.5) is 5.00 Å². The zero-order chi connectivity index (χ0) is 17.2. The van der Waals surface area contributed by atoms with E-state index in [-0.39, 0.29) is 5.91 Å². The van der Waals surface area contributed by atoms with Gasteiger partial charge in [0, 0.05) is 28.4 Å². The van der Waals surface area contributed by atoms with Crippen molar-refractivity contribution in [2.45, 2.75) is 44.9 Å². The highest BCUT2D eigenvalue weighted by atomic mass is 32.1. The third-order valence-corrected chi connectivity index (χ3v) is 6.07. The number of aldehydes is 1. The molecule has 0 aliphatic heterocycles. The highest BCUT2D eigenvalue weighted by molar-refractivity contribution is 7.17. The first-order chi connectivity index (χ1) is 12.3. The van der Waals surface area contributed by atoms with Crippen molar-refractivity contribution in [3.63, 3.8) is 0 Å². The van der Waals surface area contributed by atoms with Crippen LogP contribution in [0.25, 0.3) is 11.4 Å². The summed E-state index contributed by atoms with van der Waals surface area (Å²) < 4.78 is 0. The molecule has 0 atom stereocenters. The summed E-state index contributed by atoms with van der Waals surface area (Å²) in [5.74, 6) is 0.503. The minimum absolute atomic E-state index is 0.157. The molecule has 0 aromatic carbocycles. The second-order valence-corrected chi connectivity index (χ2v) is 7.52. The van der Waals surface area contributed by atoms with Crippen molar-refractivity contribution in [1.82, 2.24) is 9.97 Å². The van der Waals surface area contributed by atoms with Gasteiger partial charge in [-0.3, -0.25) is 9.59 Å². The summed E-state index contributed by atoms with van der Waals surface area (Å²) >= 11 is 1.63. The zero-order valence-corrected chi connectivity index (χ0v) is 14.7. The molecule has 2 aromatic rings. The maximum absolute atomic E-state index is 12.7. The number of hydrogen-bond acceptors (Lipinski definition) is 5. The molecule has 2 heterocycles. The van der Waals surface area contributed by atoms with Crippen molar-refractivity contribution in [3.8, 4) is 11.4 Å². The first kappa shape index (κ1) is 16.1. The van der Waals surface area contributed by atoms with Crippen LogP contribution in [0.2, 0.25) is 0 Å². The van der Waals surface area contributed by atoms with Crippen LogP contribution >= 0.6 is 11.3 Å². The van der Waals surface area contributed by atoms with Crippen molar-refractivity contribution < 1.29 is 9.59 Å². The highest BCUT2D eigenvalue weighted by Crippen LogP contribution is 2.43. The van der Waals surface area contributed by atoms with E-state index in [9.17, 15) is 9.59 Å². The van der Waals surface area contributed by atoms with Gasteiger partial charge in [-0.25, -0.2) is 9.97 Å². The van der Waals surface area contributed by atoms with Gasteiger partial charge >= 0.3 is 0 Å². The summed E-state index contributed by atoms with van der Waals surface area (Å²) in [6.45, 7) is 0. The topological polar surface area (TPSA) is 72.0 Å². The van der Waals surface area contributed by atoms with Crippen molar-refractivity contribution in [1.29, 1.82) is 0 Å². The van der Waals surface area contributed by atoms with Crippen LogP contribution in [0, 0.1) is 0 Å². The number of thiophene rings is 1. The summed E-state index contributed by atoms with van der Waals surface area (Å²) in [4.78, 5) is 34.0. The van der Waals surface area contributed by atoms with E-state index < -0.39 is 0 Å². The largest absolute Gasteiger partial charge is 0.313 e. The number of nitrogens with one attached hydrogen (secondary N) is 1. The molecule has 0 bridgehead atoms. The van der Waals surface area contributed by atoms with Crippen LogP contribution in [0.1, 0.15) is 42.5 Å². The SMILES string of the molecule is O=CC1=C(C(=O)Nc2sc3c(c2-c2ncccn2)CCCC3)CCC1. The average Bonchev–Trinajstić information content (AvgIpc) is 3.26. The lowest BCUT2D eigenvalue weighted by molar-refractivity contribution is -0.113. The van der Waals surface area contributed by atoms with Crippen LogP contribution in [0.5, 0.6) is 0 Å². The standard InChI is InChI=1S/C19H19N3O2S/c23-11-12-5-3-7-13(12)18(24)22-19-16(17-20-9-4-10-21-17)14-6-1-2-8-15(14)25-19/h4,9-11H,1-3,5-8H2,(H,22,24). The van der Waals surface area contributed by atoms with Crippen LogP contribution in [0.3, 0.4) is 0 Å². The number of hydrogen-bond donors (Lipinski definition) is 1. The minimum Gasteiger partial charge on any atom is -0.313 e. The number of carbonyl (C=O) groups excluding carboxylic acids is 2.